The highest BCUT2D eigenvalue weighted by atomic mass is 32.3. The molecule has 5 heterocycles. The van der Waals surface area contributed by atoms with Crippen LogP contribution >= 0.6 is 0 Å². The molecule has 1 N–H and O–H groups in total. The number of para-hydroxylation sites is 1. The molecule has 6 rings (SSSR count). The van der Waals surface area contributed by atoms with Gasteiger partial charge < -0.3 is 43.1 Å². The second kappa shape index (κ2) is 37.0. The van der Waals surface area contributed by atoms with Gasteiger partial charge in [0.2, 0.25) is 0 Å². The largest absolute Gasteiger partial charge is 0.534 e. The molecule has 4 saturated heterocycles. The van der Waals surface area contributed by atoms with E-state index in [0.717, 1.165) is 24.3 Å². The molecule has 10 atom stereocenters. The normalized spacial score (nSPS) is 24.0. The number of rotatable bonds is 5. The van der Waals surface area contributed by atoms with E-state index in [4.69, 9.17) is 18.9 Å². The maximum Gasteiger partial charge on any atom is 0.534 e. The third kappa shape index (κ3) is 30.7. The van der Waals surface area contributed by atoms with E-state index >= 15 is 0 Å². The summed E-state index contributed by atoms with van der Waals surface area (Å²) in [7, 11) is -19.3. The minimum absolute atomic E-state index is 0. The number of carbonyl (C=O) groups is 8. The Morgan fingerprint density at radius 1 is 0.402 bits per heavy atom. The second-order valence-electron chi connectivity index (χ2n) is 29.2. The first-order valence-corrected chi connectivity index (χ1v) is 36.5. The summed E-state index contributed by atoms with van der Waals surface area (Å²) in [6.45, 7) is 40.2. The number of likely N-dealkylation sites (tertiary alicyclic amines) is 3. The van der Waals surface area contributed by atoms with Crippen LogP contribution in [0.25, 0.3) is 0 Å². The first-order valence-electron chi connectivity index (χ1n) is 32.2. The molecular formula is C65H105F9N6O19S3. The SMILES string of the molecule is C.CC1CC(=O)CC(C)N1.C[C@@H]1CC(=O)C[C@H](C)N1C(=O)OC(C)(C)C.C[C@H]1C=C(OS(=O)(=O)C(F)(F)F)C[C@H](C)N1C(=O)OC(C)(C)C.C[C@H]1CC(=O)C[C@H](C)N1C(=O)OC(C)(C)C.C[C@H]1CC(=O)C[C@H](C)N1C(=O)OC(C)(C)C.O=S(=O)(N(c1ccccc1)S(=O)(=O)C(F)(F)F)C(F)(F)F. The number of alkyl halides is 9. The van der Waals surface area contributed by atoms with Crippen molar-refractivity contribution in [2.45, 2.75) is 317 Å². The lowest BCUT2D eigenvalue weighted by Gasteiger charge is -2.38. The van der Waals surface area contributed by atoms with E-state index < -0.39 is 96.7 Å². The molecule has 5 aliphatic heterocycles. The molecule has 590 valence electrons. The van der Waals surface area contributed by atoms with Gasteiger partial charge in [0.25, 0.3) is 0 Å². The first kappa shape index (κ1) is 95.5. The van der Waals surface area contributed by atoms with E-state index in [2.05, 4.69) is 9.50 Å². The van der Waals surface area contributed by atoms with E-state index in [1.54, 1.807) is 42.4 Å². The number of nitrogens with zero attached hydrogens (tertiary/aromatic N) is 5. The van der Waals surface area contributed by atoms with E-state index in [1.165, 1.54) is 11.8 Å². The first-order chi connectivity index (χ1) is 45.2. The Bertz CT molecular complexity index is 3160. The Balaban J connectivity index is 0.00000122. The molecule has 0 spiro atoms. The quantitative estimate of drug-likeness (QED) is 0.124. The lowest BCUT2D eigenvalue weighted by Crippen LogP contribution is -2.51. The highest BCUT2D eigenvalue weighted by Gasteiger charge is 2.62. The summed E-state index contributed by atoms with van der Waals surface area (Å²) in [6, 6.07) is 2.99. The predicted octanol–water partition coefficient (Wildman–Crippen LogP) is 13.8. The number of anilines is 1. The zero-order valence-corrected chi connectivity index (χ0v) is 63.7. The van der Waals surface area contributed by atoms with Crippen molar-refractivity contribution >= 4 is 83.4 Å². The minimum atomic E-state index is -6.81. The summed E-state index contributed by atoms with van der Waals surface area (Å²) < 4.78 is 202. The van der Waals surface area contributed by atoms with Crippen LogP contribution in [0, 0.1) is 0 Å². The average molecular weight is 1540 g/mol. The number of hydrogen-bond acceptors (Lipinski definition) is 20. The van der Waals surface area contributed by atoms with Gasteiger partial charge in [-0.3, -0.25) is 24.1 Å². The Morgan fingerprint density at radius 2 is 0.647 bits per heavy atom. The van der Waals surface area contributed by atoms with Gasteiger partial charge in [-0.1, -0.05) is 25.6 Å². The molecule has 2 unspecified atom stereocenters. The van der Waals surface area contributed by atoms with Gasteiger partial charge in [-0.25, -0.2) is 19.2 Å². The van der Waals surface area contributed by atoms with Crippen LogP contribution in [0.3, 0.4) is 0 Å². The Kier molecular flexibility index (Phi) is 34.6. The van der Waals surface area contributed by atoms with Crippen LogP contribution in [-0.2, 0) is 72.5 Å². The summed E-state index contributed by atoms with van der Waals surface area (Å²) in [4.78, 5) is 99.2. The topological polar surface area (TPSA) is 313 Å². The summed E-state index contributed by atoms with van der Waals surface area (Å²) in [6.07, 6.45) is 3.43. The number of benzene rings is 1. The number of ketones is 4. The van der Waals surface area contributed by atoms with Crippen molar-refractivity contribution in [2.24, 2.45) is 0 Å². The summed E-state index contributed by atoms with van der Waals surface area (Å²) in [5.41, 5.74) is -21.5. The van der Waals surface area contributed by atoms with Crippen molar-refractivity contribution in [1.29, 1.82) is 0 Å². The standard InChI is InChI=1S/C13H20F3NO5S.3C12H21NO3.C8H5F6NO4S2.C7H13NO.CH4/c1-8-6-10(22-23(19,20)13(14,15)16)7-9(2)17(8)11(18)21-12(3,4)5;3*1-8-6-10(14)7-9(2)13(8)11(15)16-12(3,4)5;9-7(10,11)20(16,17)15(6-4-2-1-3-5-6)21(18,19)8(12,13)14;1-5-3-7(9)4-6(2)8-5;/h6,8-9H,7H2,1-5H3;3*8-9H,6-7H2,1-5H3;1-5H;5-6,8H,3-4H2,1-2H3;1H4/t8-,9-;8-,9+;2*8-,9-;;;/m0.00.../s1. The van der Waals surface area contributed by atoms with Crippen LogP contribution in [0.4, 0.5) is 64.4 Å². The number of ether oxygens (including phenoxy) is 4. The molecule has 37 heteroatoms. The van der Waals surface area contributed by atoms with E-state index in [9.17, 15) is 103 Å². The maximum atomic E-state index is 12.4. The van der Waals surface area contributed by atoms with Gasteiger partial charge in [0.15, 0.2) is 0 Å². The van der Waals surface area contributed by atoms with Crippen LogP contribution in [0.5, 0.6) is 0 Å². The van der Waals surface area contributed by atoms with Crippen LogP contribution in [-0.4, -0.2) is 192 Å². The van der Waals surface area contributed by atoms with Crippen LogP contribution in [0.15, 0.2) is 42.2 Å². The monoisotopic (exact) mass is 1540 g/mol. The van der Waals surface area contributed by atoms with Gasteiger partial charge in [0.1, 0.15) is 51.3 Å². The van der Waals surface area contributed by atoms with Crippen molar-refractivity contribution in [3.8, 4) is 0 Å². The maximum absolute atomic E-state index is 12.4. The van der Waals surface area contributed by atoms with Crippen molar-refractivity contribution < 1.29 is 126 Å². The molecular weight excluding hydrogens is 1440 g/mol. The number of hydrogen-bond donors (Lipinski definition) is 1. The smallest absolute Gasteiger partial charge is 0.444 e. The van der Waals surface area contributed by atoms with E-state index in [0.29, 0.717) is 81.4 Å². The summed E-state index contributed by atoms with van der Waals surface area (Å²) in [5.74, 6) is 0.718. The number of carbonyl (C=O) groups excluding carboxylic acids is 8. The molecule has 0 bridgehead atoms. The number of amides is 4. The van der Waals surface area contributed by atoms with Crippen LogP contribution < -0.4 is 9.03 Å². The number of sulfonamides is 2. The fourth-order valence-electron chi connectivity index (χ4n) is 10.8. The van der Waals surface area contributed by atoms with Gasteiger partial charge in [0.05, 0.1) is 11.7 Å². The highest BCUT2D eigenvalue weighted by molar-refractivity contribution is 8.11. The second-order valence-corrected chi connectivity index (χ2v) is 34.6. The molecule has 1 aromatic carbocycles. The minimum Gasteiger partial charge on any atom is -0.444 e. The fraction of sp³-hybridized carbons (Fsp3) is 0.754. The van der Waals surface area contributed by atoms with Gasteiger partial charge in [-0.05, 0) is 171 Å². The van der Waals surface area contributed by atoms with Crippen molar-refractivity contribution in [3.63, 3.8) is 0 Å². The van der Waals surface area contributed by atoms with Crippen molar-refractivity contribution in [1.82, 2.24) is 24.9 Å². The average Bonchev–Trinajstić information content (AvgIpc) is 0.740. The van der Waals surface area contributed by atoms with Gasteiger partial charge in [-0.2, -0.15) is 64.8 Å². The summed E-state index contributed by atoms with van der Waals surface area (Å²) >= 11 is 0. The lowest BCUT2D eigenvalue weighted by atomic mass is 9.97. The molecule has 1 aromatic rings. The van der Waals surface area contributed by atoms with Crippen LogP contribution in [0.2, 0.25) is 0 Å². The Hall–Kier alpha value is -6.50. The molecule has 5 aliphatic rings. The van der Waals surface area contributed by atoms with E-state index in [1.807, 2.05) is 118 Å². The van der Waals surface area contributed by atoms with Gasteiger partial charge in [-0.15, -0.1) is 3.71 Å². The van der Waals surface area contributed by atoms with Gasteiger partial charge in [0, 0.05) is 112 Å². The predicted molar refractivity (Wildman–Crippen MR) is 361 cm³/mol. The molecule has 0 radical (unpaired) electrons. The number of halogens is 9. The number of piperidine rings is 4. The zero-order chi connectivity index (χ0) is 79.3. The van der Waals surface area contributed by atoms with E-state index in [-0.39, 0.29) is 91.5 Å². The molecule has 4 fully saturated rings. The van der Waals surface area contributed by atoms with Crippen molar-refractivity contribution in [3.05, 3.63) is 42.2 Å². The van der Waals surface area contributed by atoms with Gasteiger partial charge >= 0.3 is 71.1 Å². The molecule has 4 amide bonds. The third-order valence-electron chi connectivity index (χ3n) is 14.4. The molecule has 0 aromatic heterocycles. The molecule has 0 saturated carbocycles. The lowest BCUT2D eigenvalue weighted by molar-refractivity contribution is -0.125. The third-order valence-corrected chi connectivity index (χ3v) is 19.0. The molecule has 25 nitrogen and oxygen atoms in total. The number of Topliss-reactive ketones (excluding diaryl/α,β-unsaturated/α-hetero) is 4. The Morgan fingerprint density at radius 3 is 0.873 bits per heavy atom. The fourth-order valence-corrected chi connectivity index (χ4v) is 14.0. The van der Waals surface area contributed by atoms with Crippen LogP contribution in [0.1, 0.15) is 218 Å². The Labute approximate surface area is 594 Å². The number of nitrogens with one attached hydrogen (secondary N) is 1. The highest BCUT2D eigenvalue weighted by Crippen LogP contribution is 2.39. The van der Waals surface area contributed by atoms with Crippen molar-refractivity contribution in [2.75, 3.05) is 3.71 Å². The zero-order valence-electron chi connectivity index (χ0n) is 61.2. The summed E-state index contributed by atoms with van der Waals surface area (Å²) in [5, 5.41) is 3.29. The molecule has 102 heavy (non-hydrogen) atoms. The molecule has 0 aliphatic carbocycles.